The zero-order valence-electron chi connectivity index (χ0n) is 16.0. The van der Waals surface area contributed by atoms with E-state index in [1.165, 1.54) is 24.3 Å². The molecule has 2 aromatic carbocycles. The van der Waals surface area contributed by atoms with E-state index in [9.17, 15) is 20.3 Å². The Hall–Kier alpha value is -4.03. The van der Waals surface area contributed by atoms with Crippen molar-refractivity contribution in [1.29, 1.82) is 0 Å². The topological polar surface area (TPSA) is 185 Å². The van der Waals surface area contributed by atoms with Gasteiger partial charge in [0.25, 0.3) is 5.69 Å². The minimum atomic E-state index is -1.82. The van der Waals surface area contributed by atoms with Crippen LogP contribution < -0.4 is 4.74 Å². The number of carbonyl (C=O) groups is 2. The van der Waals surface area contributed by atoms with E-state index in [-0.39, 0.29) is 25.4 Å². The molecule has 31 heavy (non-hydrogen) atoms. The van der Waals surface area contributed by atoms with Crippen LogP contribution in [0.5, 0.6) is 5.75 Å². The number of hydrogen-bond acceptors (Lipinski definition) is 8. The number of benzene rings is 2. The summed E-state index contributed by atoms with van der Waals surface area (Å²) in [4.78, 5) is 32.7. The van der Waals surface area contributed by atoms with Crippen LogP contribution in [0.3, 0.4) is 0 Å². The van der Waals surface area contributed by atoms with E-state index < -0.39 is 23.0 Å². The molecule has 1 atom stereocenters. The Balaban J connectivity index is 0.000000501. The number of aliphatic carboxylic acids is 2. The fourth-order valence-corrected chi connectivity index (χ4v) is 2.57. The van der Waals surface area contributed by atoms with Gasteiger partial charge in [0.1, 0.15) is 30.9 Å². The van der Waals surface area contributed by atoms with Gasteiger partial charge in [-0.2, -0.15) is 0 Å². The zero-order valence-corrected chi connectivity index (χ0v) is 16.0. The summed E-state index contributed by atoms with van der Waals surface area (Å²) in [6, 6.07) is 13.1. The number of nitrogens with zero attached hydrogens (tertiary/aromatic N) is 3. The Bertz CT molecular complexity index is 1050. The molecule has 0 saturated carbocycles. The number of para-hydroxylation sites is 2. The number of non-ortho nitro benzene ring substituents is 1. The van der Waals surface area contributed by atoms with Crippen molar-refractivity contribution in [3.8, 4) is 5.75 Å². The molecule has 0 aliphatic carbocycles. The smallest absolute Gasteiger partial charge is 0.414 e. The standard InChI is InChI=1S/C17H17N3O5.C2H2O4/c21-10-17-18-15-3-1-2-4-16(15)19(17)9-13(22)11-25-14-7-5-12(6-8-14)20(23)24;3-1(4)2(5)6/h1-8,13,21-22H,9-11H2;(H,3,4)(H,5,6). The van der Waals surface area contributed by atoms with E-state index >= 15 is 0 Å². The molecule has 0 spiro atoms. The van der Waals surface area contributed by atoms with Crippen LogP contribution in [0.2, 0.25) is 0 Å². The number of aliphatic hydroxyl groups excluding tert-OH is 2. The van der Waals surface area contributed by atoms with E-state index in [0.29, 0.717) is 11.6 Å². The Morgan fingerprint density at radius 3 is 2.26 bits per heavy atom. The molecule has 12 heteroatoms. The normalized spacial score (nSPS) is 11.3. The van der Waals surface area contributed by atoms with Gasteiger partial charge in [0, 0.05) is 12.1 Å². The summed E-state index contributed by atoms with van der Waals surface area (Å²) in [5.74, 6) is -2.75. The first-order valence-corrected chi connectivity index (χ1v) is 8.79. The maximum atomic E-state index is 10.6. The highest BCUT2D eigenvalue weighted by molar-refractivity contribution is 6.27. The van der Waals surface area contributed by atoms with Crippen molar-refractivity contribution in [2.75, 3.05) is 6.61 Å². The second-order valence-corrected chi connectivity index (χ2v) is 6.11. The Kier molecular flexibility index (Phi) is 8.00. The first-order valence-electron chi connectivity index (χ1n) is 8.79. The maximum absolute atomic E-state index is 10.6. The highest BCUT2D eigenvalue weighted by atomic mass is 16.6. The van der Waals surface area contributed by atoms with Gasteiger partial charge in [0.2, 0.25) is 0 Å². The van der Waals surface area contributed by atoms with Crippen LogP contribution >= 0.6 is 0 Å². The molecule has 12 nitrogen and oxygen atoms in total. The number of imidazole rings is 1. The van der Waals surface area contributed by atoms with Gasteiger partial charge < -0.3 is 29.7 Å². The minimum Gasteiger partial charge on any atom is -0.491 e. The van der Waals surface area contributed by atoms with Crippen molar-refractivity contribution >= 4 is 28.7 Å². The molecular weight excluding hydrogens is 414 g/mol. The second-order valence-electron chi connectivity index (χ2n) is 6.11. The minimum absolute atomic E-state index is 0.00911. The average molecular weight is 433 g/mol. The average Bonchev–Trinajstić information content (AvgIpc) is 3.10. The summed E-state index contributed by atoms with van der Waals surface area (Å²) in [5.41, 5.74) is 1.54. The van der Waals surface area contributed by atoms with Crippen molar-refractivity contribution in [3.63, 3.8) is 0 Å². The Labute approximate surface area is 174 Å². The third-order valence-electron chi connectivity index (χ3n) is 3.94. The van der Waals surface area contributed by atoms with Crippen molar-refractivity contribution in [3.05, 3.63) is 64.5 Å². The molecule has 0 radical (unpaired) electrons. The number of carboxylic acid groups (broad SMARTS) is 2. The zero-order chi connectivity index (χ0) is 23.0. The van der Waals surface area contributed by atoms with Crippen molar-refractivity contribution in [2.45, 2.75) is 19.3 Å². The van der Waals surface area contributed by atoms with Gasteiger partial charge in [-0.3, -0.25) is 10.1 Å². The molecular formula is C19H19N3O9. The number of hydrogen-bond donors (Lipinski definition) is 4. The number of nitro benzene ring substituents is 1. The van der Waals surface area contributed by atoms with Crippen LogP contribution in [0.4, 0.5) is 5.69 Å². The van der Waals surface area contributed by atoms with Crippen molar-refractivity contribution in [1.82, 2.24) is 9.55 Å². The molecule has 1 unspecified atom stereocenters. The van der Waals surface area contributed by atoms with Gasteiger partial charge in [-0.1, -0.05) is 12.1 Å². The largest absolute Gasteiger partial charge is 0.491 e. The number of carboxylic acids is 2. The highest BCUT2D eigenvalue weighted by Crippen LogP contribution is 2.19. The number of nitro groups is 1. The van der Waals surface area contributed by atoms with E-state index in [1.807, 2.05) is 24.3 Å². The van der Waals surface area contributed by atoms with Gasteiger partial charge in [0.05, 0.1) is 22.5 Å². The van der Waals surface area contributed by atoms with Gasteiger partial charge in [-0.25, -0.2) is 14.6 Å². The van der Waals surface area contributed by atoms with Crippen LogP contribution in [-0.4, -0.2) is 59.5 Å². The number of rotatable bonds is 7. The van der Waals surface area contributed by atoms with Crippen LogP contribution in [0.25, 0.3) is 11.0 Å². The highest BCUT2D eigenvalue weighted by Gasteiger charge is 2.14. The molecule has 164 valence electrons. The summed E-state index contributed by atoms with van der Waals surface area (Å²) in [6.07, 6.45) is -0.835. The lowest BCUT2D eigenvalue weighted by Gasteiger charge is -2.15. The Morgan fingerprint density at radius 2 is 1.71 bits per heavy atom. The summed E-state index contributed by atoms with van der Waals surface area (Å²) in [6.45, 7) is -0.0107. The molecule has 1 heterocycles. The molecule has 3 rings (SSSR count). The predicted molar refractivity (Wildman–Crippen MR) is 106 cm³/mol. The number of ether oxygens (including phenoxy) is 1. The quantitative estimate of drug-likeness (QED) is 0.238. The molecule has 0 fully saturated rings. The van der Waals surface area contributed by atoms with Crippen LogP contribution in [0, 0.1) is 10.1 Å². The van der Waals surface area contributed by atoms with E-state index in [0.717, 1.165) is 11.0 Å². The van der Waals surface area contributed by atoms with Crippen molar-refractivity contribution < 1.29 is 39.7 Å². The predicted octanol–water partition coefficient (Wildman–Crippen LogP) is 1.03. The third-order valence-corrected chi connectivity index (χ3v) is 3.94. The lowest BCUT2D eigenvalue weighted by atomic mass is 10.3. The lowest BCUT2D eigenvalue weighted by molar-refractivity contribution is -0.384. The number of aliphatic hydroxyl groups is 2. The Morgan fingerprint density at radius 1 is 1.10 bits per heavy atom. The monoisotopic (exact) mass is 433 g/mol. The van der Waals surface area contributed by atoms with Crippen molar-refractivity contribution in [2.24, 2.45) is 0 Å². The number of fused-ring (bicyclic) bond motifs is 1. The van der Waals surface area contributed by atoms with E-state index in [4.69, 9.17) is 24.5 Å². The first-order chi connectivity index (χ1) is 14.7. The molecule has 1 aromatic heterocycles. The molecule has 0 saturated heterocycles. The van der Waals surface area contributed by atoms with Gasteiger partial charge >= 0.3 is 11.9 Å². The van der Waals surface area contributed by atoms with Crippen LogP contribution in [0.1, 0.15) is 5.82 Å². The van der Waals surface area contributed by atoms with Gasteiger partial charge in [-0.05, 0) is 24.3 Å². The van der Waals surface area contributed by atoms with Crippen LogP contribution in [0.15, 0.2) is 48.5 Å². The van der Waals surface area contributed by atoms with Gasteiger partial charge in [0.15, 0.2) is 0 Å². The summed E-state index contributed by atoms with van der Waals surface area (Å²) in [7, 11) is 0. The summed E-state index contributed by atoms with van der Waals surface area (Å²) >= 11 is 0. The summed E-state index contributed by atoms with van der Waals surface area (Å²) < 4.78 is 7.22. The fraction of sp³-hybridized carbons (Fsp3) is 0.211. The molecule has 0 bridgehead atoms. The third kappa shape index (κ3) is 6.48. The molecule has 3 aromatic rings. The maximum Gasteiger partial charge on any atom is 0.414 e. The SMILES string of the molecule is O=C(O)C(=O)O.O=[N+]([O-])c1ccc(OCC(O)Cn2c(CO)nc3ccccc32)cc1. The molecule has 0 aliphatic heterocycles. The molecule has 0 amide bonds. The first kappa shape index (κ1) is 23.3. The van der Waals surface area contributed by atoms with E-state index in [2.05, 4.69) is 4.98 Å². The second kappa shape index (κ2) is 10.7. The lowest BCUT2D eigenvalue weighted by Crippen LogP contribution is -2.24. The number of aromatic nitrogens is 2. The van der Waals surface area contributed by atoms with Crippen LogP contribution in [-0.2, 0) is 22.7 Å². The van der Waals surface area contributed by atoms with E-state index in [1.54, 1.807) is 4.57 Å². The van der Waals surface area contributed by atoms with Gasteiger partial charge in [-0.15, -0.1) is 0 Å². The summed E-state index contributed by atoms with van der Waals surface area (Å²) in [5, 5.41) is 45.1. The molecule has 4 N–H and O–H groups in total. The fourth-order valence-electron chi connectivity index (χ4n) is 2.57. The molecule has 0 aliphatic rings.